The molecule has 0 saturated carbocycles. The van der Waals surface area contributed by atoms with Crippen LogP contribution < -0.4 is 0 Å². The summed E-state index contributed by atoms with van der Waals surface area (Å²) in [6.45, 7) is 0.886. The van der Waals surface area contributed by atoms with Gasteiger partial charge in [-0.1, -0.05) is 30.3 Å². The highest BCUT2D eigenvalue weighted by molar-refractivity contribution is 5.69. The van der Waals surface area contributed by atoms with E-state index >= 15 is 0 Å². The number of benzene rings is 1. The summed E-state index contributed by atoms with van der Waals surface area (Å²) in [6.07, 6.45) is 7.00. The fourth-order valence-electron chi connectivity index (χ4n) is 2.48. The van der Waals surface area contributed by atoms with E-state index in [0.717, 1.165) is 18.8 Å². The minimum atomic E-state index is 0.886. The maximum absolute atomic E-state index is 5.74. The normalized spacial score (nSPS) is 19.9. The van der Waals surface area contributed by atoms with Crippen molar-refractivity contribution in [1.82, 2.24) is 0 Å². The van der Waals surface area contributed by atoms with Crippen molar-refractivity contribution in [3.05, 3.63) is 53.3 Å². The Balaban J connectivity index is 1.94. The number of allylic oxidation sites excluding steroid dienone is 3. The second kappa shape index (κ2) is 4.17. The van der Waals surface area contributed by atoms with Crippen molar-refractivity contribution in [3.63, 3.8) is 0 Å². The summed E-state index contributed by atoms with van der Waals surface area (Å²) in [4.78, 5) is 0. The second-order valence-corrected chi connectivity index (χ2v) is 4.46. The van der Waals surface area contributed by atoms with Crippen LogP contribution in [0, 0.1) is 0 Å². The monoisotopic (exact) mass is 212 g/mol. The molecular formula is C15H16O. The third kappa shape index (κ3) is 1.78. The molecule has 0 saturated heterocycles. The number of hydrogen-bond acceptors (Lipinski definition) is 1. The van der Waals surface area contributed by atoms with Gasteiger partial charge in [-0.25, -0.2) is 0 Å². The molecule has 1 aliphatic heterocycles. The van der Waals surface area contributed by atoms with Crippen LogP contribution in [0.25, 0.3) is 5.57 Å². The second-order valence-electron chi connectivity index (χ2n) is 4.46. The van der Waals surface area contributed by atoms with E-state index in [2.05, 4.69) is 36.4 Å². The molecule has 0 fully saturated rings. The highest BCUT2D eigenvalue weighted by Crippen LogP contribution is 2.34. The van der Waals surface area contributed by atoms with Crippen molar-refractivity contribution in [2.45, 2.75) is 25.7 Å². The van der Waals surface area contributed by atoms with Gasteiger partial charge in [0.15, 0.2) is 0 Å². The van der Waals surface area contributed by atoms with E-state index in [0.29, 0.717) is 0 Å². The number of ether oxygens (including phenoxy) is 1. The molecule has 16 heavy (non-hydrogen) atoms. The van der Waals surface area contributed by atoms with Crippen molar-refractivity contribution in [2.24, 2.45) is 0 Å². The Kier molecular flexibility index (Phi) is 2.53. The van der Waals surface area contributed by atoms with E-state index in [4.69, 9.17) is 4.74 Å². The smallest absolute Gasteiger partial charge is 0.118 e. The van der Waals surface area contributed by atoms with E-state index in [1.165, 1.54) is 36.0 Å². The summed E-state index contributed by atoms with van der Waals surface area (Å²) >= 11 is 0. The minimum absolute atomic E-state index is 0.886. The van der Waals surface area contributed by atoms with Gasteiger partial charge in [0.2, 0.25) is 0 Å². The maximum Gasteiger partial charge on any atom is 0.118 e. The lowest BCUT2D eigenvalue weighted by atomic mass is 9.89. The van der Waals surface area contributed by atoms with Crippen LogP contribution in [0.3, 0.4) is 0 Å². The highest BCUT2D eigenvalue weighted by atomic mass is 16.5. The predicted molar refractivity (Wildman–Crippen MR) is 65.9 cm³/mol. The lowest BCUT2D eigenvalue weighted by molar-refractivity contribution is 0.196. The Morgan fingerprint density at radius 2 is 1.81 bits per heavy atom. The summed E-state index contributed by atoms with van der Waals surface area (Å²) < 4.78 is 5.74. The molecule has 0 aromatic heterocycles. The quantitative estimate of drug-likeness (QED) is 0.685. The summed E-state index contributed by atoms with van der Waals surface area (Å²) in [6, 6.07) is 10.6. The van der Waals surface area contributed by atoms with Crippen molar-refractivity contribution < 1.29 is 4.74 Å². The summed E-state index contributed by atoms with van der Waals surface area (Å²) in [7, 11) is 0. The Bertz CT molecular complexity index is 440. The number of rotatable bonds is 1. The average Bonchev–Trinajstić information content (AvgIpc) is 2.39. The first-order chi connectivity index (χ1) is 7.93. The summed E-state index contributed by atoms with van der Waals surface area (Å²) in [5, 5.41) is 0. The van der Waals surface area contributed by atoms with Gasteiger partial charge in [0, 0.05) is 0 Å². The van der Waals surface area contributed by atoms with Gasteiger partial charge in [0.05, 0.1) is 6.61 Å². The van der Waals surface area contributed by atoms with E-state index < -0.39 is 0 Å². The third-order valence-corrected chi connectivity index (χ3v) is 3.37. The standard InChI is InChI=1S/C15H16O/c1-2-5-12(6-3-1)14-9-8-13-7-4-10-16-15(13)11-14/h1-3,5-6,11H,4,7-10H2. The van der Waals surface area contributed by atoms with Crippen LogP contribution in [0.5, 0.6) is 0 Å². The van der Waals surface area contributed by atoms with E-state index in [1.807, 2.05) is 0 Å². The zero-order valence-corrected chi connectivity index (χ0v) is 9.41. The molecule has 1 aromatic rings. The van der Waals surface area contributed by atoms with Gasteiger partial charge in [0.1, 0.15) is 5.76 Å². The zero-order chi connectivity index (χ0) is 10.8. The van der Waals surface area contributed by atoms with Gasteiger partial charge in [-0.15, -0.1) is 0 Å². The van der Waals surface area contributed by atoms with Crippen LogP contribution in [0.15, 0.2) is 47.7 Å². The molecule has 0 amide bonds. The molecule has 1 aliphatic carbocycles. The molecule has 0 unspecified atom stereocenters. The van der Waals surface area contributed by atoms with Crippen molar-refractivity contribution in [3.8, 4) is 0 Å². The molecule has 3 rings (SSSR count). The first-order valence-corrected chi connectivity index (χ1v) is 6.04. The first-order valence-electron chi connectivity index (χ1n) is 6.04. The third-order valence-electron chi connectivity index (χ3n) is 3.37. The summed E-state index contributed by atoms with van der Waals surface area (Å²) in [5.74, 6) is 1.15. The zero-order valence-electron chi connectivity index (χ0n) is 9.41. The Morgan fingerprint density at radius 1 is 0.938 bits per heavy atom. The Labute approximate surface area is 96.4 Å². The molecule has 1 heterocycles. The van der Waals surface area contributed by atoms with Crippen LogP contribution in [-0.2, 0) is 4.74 Å². The Morgan fingerprint density at radius 3 is 2.69 bits per heavy atom. The van der Waals surface area contributed by atoms with Gasteiger partial charge in [-0.2, -0.15) is 0 Å². The fraction of sp³-hybridized carbons (Fsp3) is 0.333. The first kappa shape index (κ1) is 9.71. The molecule has 82 valence electrons. The van der Waals surface area contributed by atoms with Crippen LogP contribution in [-0.4, -0.2) is 6.61 Å². The van der Waals surface area contributed by atoms with Gasteiger partial charge < -0.3 is 4.74 Å². The molecule has 1 nitrogen and oxygen atoms in total. The molecule has 0 bridgehead atoms. The molecule has 0 spiro atoms. The van der Waals surface area contributed by atoms with E-state index in [1.54, 1.807) is 0 Å². The molecule has 1 heteroatoms. The number of hydrogen-bond donors (Lipinski definition) is 0. The Hall–Kier alpha value is -1.50. The molecule has 0 radical (unpaired) electrons. The van der Waals surface area contributed by atoms with Crippen molar-refractivity contribution in [1.29, 1.82) is 0 Å². The van der Waals surface area contributed by atoms with Gasteiger partial charge in [-0.3, -0.25) is 0 Å². The lowest BCUT2D eigenvalue weighted by Gasteiger charge is -2.24. The highest BCUT2D eigenvalue weighted by Gasteiger charge is 2.18. The topological polar surface area (TPSA) is 9.23 Å². The van der Waals surface area contributed by atoms with Gasteiger partial charge >= 0.3 is 0 Å². The molecule has 0 atom stereocenters. The average molecular weight is 212 g/mol. The van der Waals surface area contributed by atoms with E-state index in [9.17, 15) is 0 Å². The summed E-state index contributed by atoms with van der Waals surface area (Å²) in [5.41, 5.74) is 4.27. The SMILES string of the molecule is C1=C(c2ccccc2)CCC2=C1OCCC2. The van der Waals surface area contributed by atoms with Crippen LogP contribution in [0.2, 0.25) is 0 Å². The largest absolute Gasteiger partial charge is 0.494 e. The molecular weight excluding hydrogens is 196 g/mol. The van der Waals surface area contributed by atoms with Crippen LogP contribution in [0.4, 0.5) is 0 Å². The molecule has 1 aromatic carbocycles. The van der Waals surface area contributed by atoms with E-state index in [-0.39, 0.29) is 0 Å². The fourth-order valence-corrected chi connectivity index (χ4v) is 2.48. The van der Waals surface area contributed by atoms with Crippen LogP contribution in [0.1, 0.15) is 31.2 Å². The molecule has 0 N–H and O–H groups in total. The van der Waals surface area contributed by atoms with Gasteiger partial charge in [0.25, 0.3) is 0 Å². The van der Waals surface area contributed by atoms with Crippen molar-refractivity contribution >= 4 is 5.57 Å². The minimum Gasteiger partial charge on any atom is -0.494 e. The predicted octanol–water partition coefficient (Wildman–Crippen LogP) is 3.93. The molecule has 2 aliphatic rings. The van der Waals surface area contributed by atoms with Crippen LogP contribution >= 0.6 is 0 Å². The lowest BCUT2D eigenvalue weighted by Crippen LogP contribution is -2.09. The maximum atomic E-state index is 5.74. The van der Waals surface area contributed by atoms with Crippen molar-refractivity contribution in [2.75, 3.05) is 6.61 Å². The van der Waals surface area contributed by atoms with Gasteiger partial charge in [-0.05, 0) is 48.5 Å².